The SMILES string of the molecule is NCCCCC(N)C(=O)NC(CCCCN)C(=O)NC(CCCCN)C(=O)NC(CCC(N)=O)C(=O)O. The minimum absolute atomic E-state index is 0.193. The summed E-state index contributed by atoms with van der Waals surface area (Å²) in [7, 11) is 0. The molecule has 4 atom stereocenters. The lowest BCUT2D eigenvalue weighted by atomic mass is 10.0. The second-order valence-corrected chi connectivity index (χ2v) is 8.99. The first kappa shape index (κ1) is 34.2. The van der Waals surface area contributed by atoms with Crippen molar-refractivity contribution in [2.24, 2.45) is 28.7 Å². The number of nitrogens with two attached hydrogens (primary N) is 5. The fraction of sp³-hybridized carbons (Fsp3) is 0.783. The number of aliphatic carboxylic acids is 1. The van der Waals surface area contributed by atoms with Crippen LogP contribution < -0.4 is 44.6 Å². The molecule has 0 rings (SSSR count). The number of hydrogen-bond donors (Lipinski definition) is 9. The van der Waals surface area contributed by atoms with Crippen LogP contribution in [-0.2, 0) is 24.0 Å². The van der Waals surface area contributed by atoms with E-state index in [1.54, 1.807) is 0 Å². The van der Waals surface area contributed by atoms with Crippen LogP contribution in [0.2, 0.25) is 0 Å². The lowest BCUT2D eigenvalue weighted by Crippen LogP contribution is -2.57. The van der Waals surface area contributed by atoms with Gasteiger partial charge in [-0.3, -0.25) is 19.2 Å². The van der Waals surface area contributed by atoms with Gasteiger partial charge in [-0.1, -0.05) is 6.42 Å². The maximum atomic E-state index is 13.1. The van der Waals surface area contributed by atoms with E-state index in [1.165, 1.54) is 0 Å². The number of primary amides is 1. The van der Waals surface area contributed by atoms with E-state index in [0.29, 0.717) is 58.2 Å². The van der Waals surface area contributed by atoms with Crippen LogP contribution in [0.1, 0.15) is 70.6 Å². The smallest absolute Gasteiger partial charge is 0.326 e. The molecule has 0 aliphatic carbocycles. The van der Waals surface area contributed by atoms with Gasteiger partial charge < -0.3 is 49.7 Å². The van der Waals surface area contributed by atoms with Gasteiger partial charge in [-0.15, -0.1) is 0 Å². The molecule has 4 amide bonds. The van der Waals surface area contributed by atoms with E-state index in [-0.39, 0.29) is 25.7 Å². The summed E-state index contributed by atoms with van der Waals surface area (Å²) in [6, 6.07) is -4.22. The van der Waals surface area contributed by atoms with E-state index in [1.807, 2.05) is 0 Å². The number of carboxylic acid groups (broad SMARTS) is 1. The van der Waals surface area contributed by atoms with Gasteiger partial charge in [0.05, 0.1) is 6.04 Å². The number of carbonyl (C=O) groups is 5. The van der Waals surface area contributed by atoms with Crippen LogP contribution in [0.4, 0.5) is 0 Å². The molecule has 0 aromatic heterocycles. The highest BCUT2D eigenvalue weighted by atomic mass is 16.4. The number of carboxylic acids is 1. The monoisotopic (exact) mass is 530 g/mol. The van der Waals surface area contributed by atoms with Crippen molar-refractivity contribution in [1.82, 2.24) is 16.0 Å². The van der Waals surface area contributed by atoms with Gasteiger partial charge in [0.2, 0.25) is 23.6 Å². The van der Waals surface area contributed by atoms with Crippen LogP contribution in [0.15, 0.2) is 0 Å². The second kappa shape index (κ2) is 20.3. The van der Waals surface area contributed by atoms with Crippen molar-refractivity contribution in [1.29, 1.82) is 0 Å². The summed E-state index contributed by atoms with van der Waals surface area (Å²) in [6.07, 6.45) is 4.09. The molecule has 214 valence electrons. The standard InChI is InChI=1S/C23H46N8O6/c24-12-4-1-7-15(27)20(33)29-16(8-2-5-13-25)21(34)30-17(9-3-6-14-26)22(35)31-18(23(36)37)10-11-19(28)32/h15-18H,1-14,24-27H2,(H2,28,32)(H,29,33)(H,30,34)(H,31,35)(H,36,37). The van der Waals surface area contributed by atoms with Crippen LogP contribution >= 0.6 is 0 Å². The molecule has 0 aliphatic heterocycles. The summed E-state index contributed by atoms with van der Waals surface area (Å²) in [5, 5.41) is 17.0. The predicted octanol–water partition coefficient (Wildman–Crippen LogP) is -2.49. The zero-order valence-corrected chi connectivity index (χ0v) is 21.6. The van der Waals surface area contributed by atoms with Crippen LogP contribution in [-0.4, -0.2) is 78.5 Å². The van der Waals surface area contributed by atoms with Gasteiger partial charge in [-0.25, -0.2) is 4.79 Å². The molecule has 0 aliphatic rings. The summed E-state index contributed by atoms with van der Waals surface area (Å²) in [5.74, 6) is -3.86. The highest BCUT2D eigenvalue weighted by Crippen LogP contribution is 2.08. The normalized spacial score (nSPS) is 14.2. The molecule has 4 unspecified atom stereocenters. The van der Waals surface area contributed by atoms with Crippen LogP contribution in [0, 0.1) is 0 Å². The summed E-state index contributed by atoms with van der Waals surface area (Å²) in [6.45, 7) is 1.27. The highest BCUT2D eigenvalue weighted by molar-refractivity contribution is 5.94. The largest absolute Gasteiger partial charge is 0.480 e. The van der Waals surface area contributed by atoms with Crippen molar-refractivity contribution in [3.8, 4) is 0 Å². The molecule has 37 heavy (non-hydrogen) atoms. The number of rotatable bonds is 22. The van der Waals surface area contributed by atoms with Crippen molar-refractivity contribution in [2.45, 2.75) is 94.8 Å². The van der Waals surface area contributed by atoms with Crippen molar-refractivity contribution >= 4 is 29.6 Å². The lowest BCUT2D eigenvalue weighted by Gasteiger charge is -2.25. The Labute approximate surface area is 218 Å². The Kier molecular flexibility index (Phi) is 18.7. The Hall–Kier alpha value is -2.81. The Morgan fingerprint density at radius 3 is 1.41 bits per heavy atom. The van der Waals surface area contributed by atoms with E-state index in [4.69, 9.17) is 28.7 Å². The van der Waals surface area contributed by atoms with Gasteiger partial charge in [0, 0.05) is 6.42 Å². The van der Waals surface area contributed by atoms with Crippen LogP contribution in [0.25, 0.3) is 0 Å². The van der Waals surface area contributed by atoms with Gasteiger partial charge in [-0.2, -0.15) is 0 Å². The van der Waals surface area contributed by atoms with Gasteiger partial charge in [0.15, 0.2) is 0 Å². The van der Waals surface area contributed by atoms with Gasteiger partial charge in [0.25, 0.3) is 0 Å². The Morgan fingerprint density at radius 1 is 0.595 bits per heavy atom. The molecular weight excluding hydrogens is 484 g/mol. The van der Waals surface area contributed by atoms with E-state index >= 15 is 0 Å². The molecule has 0 aromatic carbocycles. The molecule has 0 spiro atoms. The topological polar surface area (TPSA) is 272 Å². The molecule has 0 fully saturated rings. The summed E-state index contributed by atoms with van der Waals surface area (Å²) in [5.41, 5.74) is 27.6. The van der Waals surface area contributed by atoms with E-state index in [0.717, 1.165) is 6.42 Å². The summed E-state index contributed by atoms with van der Waals surface area (Å²) < 4.78 is 0. The lowest BCUT2D eigenvalue weighted by molar-refractivity contribution is -0.142. The fourth-order valence-corrected chi connectivity index (χ4v) is 3.53. The number of nitrogens with one attached hydrogen (secondary N) is 3. The van der Waals surface area contributed by atoms with Crippen molar-refractivity contribution < 1.29 is 29.1 Å². The molecule has 0 radical (unpaired) electrons. The highest BCUT2D eigenvalue weighted by Gasteiger charge is 2.30. The molecule has 14 heteroatoms. The van der Waals surface area contributed by atoms with Gasteiger partial charge >= 0.3 is 5.97 Å². The Balaban J connectivity index is 5.48. The maximum absolute atomic E-state index is 13.1. The fourth-order valence-electron chi connectivity index (χ4n) is 3.53. The molecule has 0 saturated heterocycles. The minimum atomic E-state index is -1.36. The zero-order valence-electron chi connectivity index (χ0n) is 21.6. The third kappa shape index (κ3) is 15.8. The zero-order chi connectivity index (χ0) is 28.2. The molecule has 14 nitrogen and oxygen atoms in total. The second-order valence-electron chi connectivity index (χ2n) is 8.99. The number of hydrogen-bond acceptors (Lipinski definition) is 9. The van der Waals surface area contributed by atoms with Crippen molar-refractivity contribution in [3.63, 3.8) is 0 Å². The molecule has 14 N–H and O–H groups in total. The number of amides is 4. The van der Waals surface area contributed by atoms with Crippen molar-refractivity contribution in [3.05, 3.63) is 0 Å². The molecule has 0 bridgehead atoms. The third-order valence-electron chi connectivity index (χ3n) is 5.76. The molecule has 0 heterocycles. The van der Waals surface area contributed by atoms with Crippen LogP contribution in [0.5, 0.6) is 0 Å². The third-order valence-corrected chi connectivity index (χ3v) is 5.76. The minimum Gasteiger partial charge on any atom is -0.480 e. The van der Waals surface area contributed by atoms with Gasteiger partial charge in [0.1, 0.15) is 18.1 Å². The van der Waals surface area contributed by atoms with E-state index < -0.39 is 53.8 Å². The quantitative estimate of drug-likeness (QED) is 0.0664. The number of unbranched alkanes of at least 4 members (excludes halogenated alkanes) is 3. The molecule has 0 saturated carbocycles. The summed E-state index contributed by atoms with van der Waals surface area (Å²) in [4.78, 5) is 61.2. The van der Waals surface area contributed by atoms with Gasteiger partial charge in [-0.05, 0) is 77.4 Å². The molecular formula is C23H46N8O6. The average Bonchev–Trinajstić information content (AvgIpc) is 2.84. The average molecular weight is 531 g/mol. The summed E-state index contributed by atoms with van der Waals surface area (Å²) >= 11 is 0. The first-order valence-corrected chi connectivity index (χ1v) is 12.8. The van der Waals surface area contributed by atoms with E-state index in [9.17, 15) is 29.1 Å². The maximum Gasteiger partial charge on any atom is 0.326 e. The van der Waals surface area contributed by atoms with Crippen molar-refractivity contribution in [2.75, 3.05) is 19.6 Å². The van der Waals surface area contributed by atoms with E-state index in [2.05, 4.69) is 16.0 Å². The first-order valence-electron chi connectivity index (χ1n) is 12.8. The Bertz CT molecular complexity index is 723. The molecule has 0 aromatic rings. The predicted molar refractivity (Wildman–Crippen MR) is 139 cm³/mol. The number of carbonyl (C=O) groups excluding carboxylic acids is 4. The van der Waals surface area contributed by atoms with Crippen LogP contribution in [0.3, 0.4) is 0 Å². The first-order chi connectivity index (χ1) is 17.6. The Morgan fingerprint density at radius 2 is 1.00 bits per heavy atom.